The Morgan fingerprint density at radius 2 is 2.18 bits per heavy atom. The molecule has 0 spiro atoms. The van der Waals surface area contributed by atoms with Crippen LogP contribution in [0.15, 0.2) is 10.6 Å². The van der Waals surface area contributed by atoms with Gasteiger partial charge in [-0.25, -0.2) is 4.98 Å². The Bertz CT molecular complexity index is 365. The van der Waals surface area contributed by atoms with Gasteiger partial charge < -0.3 is 4.42 Å². The van der Waals surface area contributed by atoms with Crippen molar-refractivity contribution >= 4 is 0 Å². The Labute approximate surface area is 104 Å². The Kier molecular flexibility index (Phi) is 3.57. The van der Waals surface area contributed by atoms with Crippen LogP contribution in [-0.2, 0) is 12.0 Å². The van der Waals surface area contributed by atoms with E-state index in [0.717, 1.165) is 18.2 Å². The van der Waals surface area contributed by atoms with Crippen molar-refractivity contribution in [1.82, 2.24) is 9.88 Å². The first-order chi connectivity index (χ1) is 7.97. The molecule has 3 nitrogen and oxygen atoms in total. The summed E-state index contributed by atoms with van der Waals surface area (Å²) >= 11 is 0. The number of likely N-dealkylation sites (tertiary alicyclic amines) is 1. The summed E-state index contributed by atoms with van der Waals surface area (Å²) in [6.07, 6.45) is 5.84. The number of nitrogens with zero attached hydrogens (tertiary/aromatic N) is 2. The number of rotatable bonds is 2. The van der Waals surface area contributed by atoms with Gasteiger partial charge in [-0.1, -0.05) is 27.2 Å². The first-order valence-corrected chi connectivity index (χ1v) is 6.66. The van der Waals surface area contributed by atoms with Crippen molar-refractivity contribution in [3.63, 3.8) is 0 Å². The van der Waals surface area contributed by atoms with Crippen LogP contribution in [0.5, 0.6) is 0 Å². The molecule has 0 amide bonds. The summed E-state index contributed by atoms with van der Waals surface area (Å²) in [6.45, 7) is 10.8. The largest absolute Gasteiger partial charge is 0.444 e. The van der Waals surface area contributed by atoms with Gasteiger partial charge >= 0.3 is 0 Å². The lowest BCUT2D eigenvalue weighted by Gasteiger charge is -2.32. The first-order valence-electron chi connectivity index (χ1n) is 6.66. The summed E-state index contributed by atoms with van der Waals surface area (Å²) in [5.74, 6) is 1.85. The average Bonchev–Trinajstić information content (AvgIpc) is 2.69. The van der Waals surface area contributed by atoms with Gasteiger partial charge in [-0.2, -0.15) is 0 Å². The molecule has 1 aliphatic rings. The molecular formula is C14H24N2O. The van der Waals surface area contributed by atoms with Crippen LogP contribution < -0.4 is 0 Å². The molecule has 1 aliphatic heterocycles. The SMILES string of the molecule is CC1CCCCN1Cc1ncc(C(C)(C)C)o1. The lowest BCUT2D eigenvalue weighted by Crippen LogP contribution is -2.36. The third-order valence-electron chi connectivity index (χ3n) is 3.57. The fraction of sp³-hybridized carbons (Fsp3) is 0.786. The minimum Gasteiger partial charge on any atom is -0.444 e. The van der Waals surface area contributed by atoms with Crippen LogP contribution in [0.1, 0.15) is 58.6 Å². The lowest BCUT2D eigenvalue weighted by molar-refractivity contribution is 0.137. The summed E-state index contributed by atoms with van der Waals surface area (Å²) in [5, 5.41) is 0. The Morgan fingerprint density at radius 1 is 1.41 bits per heavy atom. The molecule has 17 heavy (non-hydrogen) atoms. The maximum atomic E-state index is 5.85. The van der Waals surface area contributed by atoms with Crippen molar-refractivity contribution in [3.8, 4) is 0 Å². The quantitative estimate of drug-likeness (QED) is 0.788. The Hall–Kier alpha value is -0.830. The van der Waals surface area contributed by atoms with Gasteiger partial charge in [0, 0.05) is 11.5 Å². The van der Waals surface area contributed by atoms with Crippen molar-refractivity contribution in [3.05, 3.63) is 17.8 Å². The van der Waals surface area contributed by atoms with Gasteiger partial charge in [-0.05, 0) is 26.3 Å². The molecule has 0 aromatic carbocycles. The van der Waals surface area contributed by atoms with Gasteiger partial charge in [0.25, 0.3) is 0 Å². The van der Waals surface area contributed by atoms with E-state index in [4.69, 9.17) is 4.42 Å². The molecule has 0 aliphatic carbocycles. The van der Waals surface area contributed by atoms with Crippen molar-refractivity contribution in [2.75, 3.05) is 6.54 Å². The zero-order valence-electron chi connectivity index (χ0n) is 11.5. The van der Waals surface area contributed by atoms with Crippen LogP contribution in [0.3, 0.4) is 0 Å². The summed E-state index contributed by atoms with van der Waals surface area (Å²) < 4.78 is 5.85. The van der Waals surface area contributed by atoms with Crippen LogP contribution in [-0.4, -0.2) is 22.5 Å². The van der Waals surface area contributed by atoms with Crippen molar-refractivity contribution in [2.45, 2.75) is 65.0 Å². The summed E-state index contributed by atoms with van der Waals surface area (Å²) in [5.41, 5.74) is 0.0543. The highest BCUT2D eigenvalue weighted by molar-refractivity contribution is 5.06. The molecule has 1 atom stereocenters. The molecular weight excluding hydrogens is 212 g/mol. The molecule has 3 heteroatoms. The summed E-state index contributed by atoms with van der Waals surface area (Å²) in [6, 6.07) is 0.661. The number of piperidine rings is 1. The smallest absolute Gasteiger partial charge is 0.208 e. The van der Waals surface area contributed by atoms with Crippen LogP contribution in [0.4, 0.5) is 0 Å². The molecule has 1 aromatic rings. The van der Waals surface area contributed by atoms with Crippen LogP contribution in [0, 0.1) is 0 Å². The van der Waals surface area contributed by atoms with E-state index in [1.165, 1.54) is 25.8 Å². The van der Waals surface area contributed by atoms with E-state index in [1.54, 1.807) is 0 Å². The third-order valence-corrected chi connectivity index (χ3v) is 3.57. The molecule has 1 fully saturated rings. The highest BCUT2D eigenvalue weighted by atomic mass is 16.4. The van der Waals surface area contributed by atoms with E-state index < -0.39 is 0 Å². The van der Waals surface area contributed by atoms with E-state index in [2.05, 4.69) is 37.6 Å². The maximum absolute atomic E-state index is 5.85. The lowest BCUT2D eigenvalue weighted by atomic mass is 9.94. The zero-order chi connectivity index (χ0) is 12.5. The van der Waals surface area contributed by atoms with E-state index >= 15 is 0 Å². The maximum Gasteiger partial charge on any atom is 0.208 e. The van der Waals surface area contributed by atoms with Gasteiger partial charge in [0.15, 0.2) is 0 Å². The number of aromatic nitrogens is 1. The average molecular weight is 236 g/mol. The predicted molar refractivity (Wildman–Crippen MR) is 68.9 cm³/mol. The predicted octanol–water partition coefficient (Wildman–Crippen LogP) is 3.35. The minimum absolute atomic E-state index is 0.0543. The minimum atomic E-state index is 0.0543. The second kappa shape index (κ2) is 4.81. The molecule has 0 saturated carbocycles. The van der Waals surface area contributed by atoms with E-state index in [-0.39, 0.29) is 5.41 Å². The molecule has 0 bridgehead atoms. The normalized spacial score (nSPS) is 22.9. The Morgan fingerprint density at radius 3 is 2.76 bits per heavy atom. The van der Waals surface area contributed by atoms with Gasteiger partial charge in [0.05, 0.1) is 12.7 Å². The summed E-state index contributed by atoms with van der Waals surface area (Å²) in [7, 11) is 0. The van der Waals surface area contributed by atoms with Gasteiger partial charge in [0.2, 0.25) is 5.89 Å². The van der Waals surface area contributed by atoms with Gasteiger partial charge in [0.1, 0.15) is 5.76 Å². The molecule has 1 aromatic heterocycles. The Balaban J connectivity index is 2.01. The molecule has 2 heterocycles. The molecule has 1 unspecified atom stereocenters. The van der Waals surface area contributed by atoms with Crippen molar-refractivity contribution in [2.24, 2.45) is 0 Å². The van der Waals surface area contributed by atoms with Crippen LogP contribution >= 0.6 is 0 Å². The number of hydrogen-bond donors (Lipinski definition) is 0. The second-order valence-corrected chi connectivity index (χ2v) is 6.18. The van der Waals surface area contributed by atoms with Crippen LogP contribution in [0.25, 0.3) is 0 Å². The first kappa shape index (κ1) is 12.6. The van der Waals surface area contributed by atoms with Crippen LogP contribution in [0.2, 0.25) is 0 Å². The van der Waals surface area contributed by atoms with Gasteiger partial charge in [-0.15, -0.1) is 0 Å². The molecule has 1 saturated heterocycles. The number of hydrogen-bond acceptors (Lipinski definition) is 3. The van der Waals surface area contributed by atoms with Gasteiger partial charge in [-0.3, -0.25) is 4.90 Å². The fourth-order valence-electron chi connectivity index (χ4n) is 2.30. The summed E-state index contributed by atoms with van der Waals surface area (Å²) in [4.78, 5) is 6.88. The second-order valence-electron chi connectivity index (χ2n) is 6.18. The monoisotopic (exact) mass is 236 g/mol. The van der Waals surface area contributed by atoms with Crippen molar-refractivity contribution in [1.29, 1.82) is 0 Å². The zero-order valence-corrected chi connectivity index (χ0v) is 11.5. The van der Waals surface area contributed by atoms with E-state index in [0.29, 0.717) is 6.04 Å². The number of oxazole rings is 1. The molecule has 2 rings (SSSR count). The molecule has 0 radical (unpaired) electrons. The van der Waals surface area contributed by atoms with E-state index in [1.807, 2.05) is 6.20 Å². The molecule has 0 N–H and O–H groups in total. The molecule has 96 valence electrons. The third kappa shape index (κ3) is 3.09. The fourth-order valence-corrected chi connectivity index (χ4v) is 2.30. The standard InChI is InChI=1S/C14H24N2O/c1-11-7-5-6-8-16(11)10-13-15-9-12(17-13)14(2,3)4/h9,11H,5-8,10H2,1-4H3. The highest BCUT2D eigenvalue weighted by Gasteiger charge is 2.22. The topological polar surface area (TPSA) is 29.3 Å². The van der Waals surface area contributed by atoms with Crippen molar-refractivity contribution < 1.29 is 4.42 Å². The highest BCUT2D eigenvalue weighted by Crippen LogP contribution is 2.24. The van der Waals surface area contributed by atoms with E-state index in [9.17, 15) is 0 Å².